The van der Waals surface area contributed by atoms with E-state index in [-0.39, 0.29) is 5.56 Å². The minimum absolute atomic E-state index is 0.00328. The van der Waals surface area contributed by atoms with Gasteiger partial charge in [-0.25, -0.2) is 17.6 Å². The van der Waals surface area contributed by atoms with Crippen molar-refractivity contribution in [1.29, 1.82) is 0 Å². The van der Waals surface area contributed by atoms with Crippen molar-refractivity contribution in [2.75, 3.05) is 0 Å². The average molecular weight is 379 g/mol. The quantitative estimate of drug-likeness (QED) is 0.163. The van der Waals surface area contributed by atoms with E-state index < -0.39 is 34.5 Å². The van der Waals surface area contributed by atoms with Crippen LogP contribution in [-0.2, 0) is 6.42 Å². The zero-order valence-electron chi connectivity index (χ0n) is 14.2. The summed E-state index contributed by atoms with van der Waals surface area (Å²) in [5.41, 5.74) is -0.209. The van der Waals surface area contributed by atoms with Crippen molar-refractivity contribution in [1.82, 2.24) is 0 Å². The summed E-state index contributed by atoms with van der Waals surface area (Å²) in [5, 5.41) is 1.83. The number of hydrogen-bond acceptors (Lipinski definition) is 2. The van der Waals surface area contributed by atoms with E-state index in [0.717, 1.165) is 31.2 Å². The van der Waals surface area contributed by atoms with Crippen LogP contribution in [0.3, 0.4) is 0 Å². The second kappa shape index (κ2) is 9.41. The van der Waals surface area contributed by atoms with Gasteiger partial charge in [-0.3, -0.25) is 0 Å². The Kier molecular flexibility index (Phi) is 7.25. The van der Waals surface area contributed by atoms with Gasteiger partial charge in [-0.05, 0) is 42.8 Å². The molecule has 0 spiro atoms. The van der Waals surface area contributed by atoms with E-state index in [1.165, 1.54) is 12.1 Å². The summed E-state index contributed by atoms with van der Waals surface area (Å²) in [6.07, 6.45) is 4.09. The van der Waals surface area contributed by atoms with E-state index >= 15 is 0 Å². The summed E-state index contributed by atoms with van der Waals surface area (Å²) in [7, 11) is 0. The van der Waals surface area contributed by atoms with Gasteiger partial charge in [0, 0.05) is 11.1 Å². The van der Waals surface area contributed by atoms with Crippen LogP contribution in [0, 0.1) is 11.6 Å². The molecule has 2 aromatic carbocycles. The highest BCUT2D eigenvalue weighted by Gasteiger charge is 2.17. The molecule has 0 heterocycles. The number of hydrogen-bond donors (Lipinski definition) is 0. The number of thiocarbonyl (C=S) groups is 1. The molecule has 2 aromatic rings. The van der Waals surface area contributed by atoms with Gasteiger partial charge in [0.05, 0.1) is 5.16 Å². The molecular weight excluding hydrogens is 362 g/mol. The van der Waals surface area contributed by atoms with Crippen molar-refractivity contribution < 1.29 is 17.6 Å². The van der Waals surface area contributed by atoms with Crippen LogP contribution in [0.25, 0.3) is 11.7 Å². The van der Waals surface area contributed by atoms with Gasteiger partial charge in [0.2, 0.25) is 0 Å². The molecule has 1 nitrogen and oxygen atoms in total. The summed E-state index contributed by atoms with van der Waals surface area (Å²) in [6.45, 7) is 2.10. The Balaban J connectivity index is 2.30. The zero-order valence-corrected chi connectivity index (χ0v) is 15.0. The fourth-order valence-corrected chi connectivity index (χ4v) is 2.59. The topological polar surface area (TPSA) is 12.4 Å². The maximum Gasteiger partial charge on any atom is 0.166 e. The fourth-order valence-electron chi connectivity index (χ4n) is 2.49. The number of aryl methyl sites for hydroxylation is 1. The molecule has 0 aromatic heterocycles. The van der Waals surface area contributed by atoms with Crippen LogP contribution < -0.4 is 0 Å². The van der Waals surface area contributed by atoms with Gasteiger partial charge in [0.15, 0.2) is 23.3 Å². The van der Waals surface area contributed by atoms with Crippen LogP contribution >= 0.6 is 12.2 Å². The summed E-state index contributed by atoms with van der Waals surface area (Å²) in [4.78, 5) is 3.23. The van der Waals surface area contributed by atoms with Crippen LogP contribution in [0.15, 0.2) is 41.4 Å². The number of rotatable bonds is 7. The van der Waals surface area contributed by atoms with Crippen molar-refractivity contribution >= 4 is 34.7 Å². The first-order valence-electron chi connectivity index (χ1n) is 8.19. The molecule has 0 radical (unpaired) electrons. The van der Waals surface area contributed by atoms with Crippen LogP contribution in [0.5, 0.6) is 0 Å². The number of halogens is 4. The van der Waals surface area contributed by atoms with Crippen LogP contribution in [0.4, 0.5) is 23.2 Å². The van der Waals surface area contributed by atoms with Gasteiger partial charge in [-0.2, -0.15) is 4.99 Å². The highest BCUT2D eigenvalue weighted by Crippen LogP contribution is 2.32. The van der Waals surface area contributed by atoms with Crippen LogP contribution in [-0.4, -0.2) is 5.16 Å². The highest BCUT2D eigenvalue weighted by atomic mass is 32.1. The molecule has 0 bridgehead atoms. The van der Waals surface area contributed by atoms with E-state index in [0.29, 0.717) is 12.1 Å². The third-order valence-electron chi connectivity index (χ3n) is 3.90. The van der Waals surface area contributed by atoms with Crippen molar-refractivity contribution in [3.05, 3.63) is 64.7 Å². The average Bonchev–Trinajstić information content (AvgIpc) is 2.64. The van der Waals surface area contributed by atoms with Gasteiger partial charge >= 0.3 is 0 Å². The van der Waals surface area contributed by atoms with E-state index in [1.807, 2.05) is 5.16 Å². The molecule has 0 aliphatic rings. The Labute approximate surface area is 155 Å². The number of unbranched alkanes of at least 4 members (excludes halogenated alkanes) is 2. The first-order valence-corrected chi connectivity index (χ1v) is 8.60. The molecule has 2 rings (SSSR count). The third-order valence-corrected chi connectivity index (χ3v) is 3.99. The predicted octanol–water partition coefficient (Wildman–Crippen LogP) is 7.20. The maximum absolute atomic E-state index is 14.4. The fraction of sp³-hybridized carbons (Fsp3) is 0.250. The first kappa shape index (κ1) is 20.0. The van der Waals surface area contributed by atoms with Crippen LogP contribution in [0.1, 0.15) is 42.9 Å². The Bertz CT molecular complexity index is 830. The molecule has 0 aliphatic carbocycles. The molecule has 0 fully saturated rings. The summed E-state index contributed by atoms with van der Waals surface area (Å²) in [5.74, 6) is -4.83. The van der Waals surface area contributed by atoms with E-state index in [9.17, 15) is 17.6 Å². The largest absolute Gasteiger partial charge is 0.204 e. The van der Waals surface area contributed by atoms with Crippen molar-refractivity contribution in [3.63, 3.8) is 0 Å². The molecule has 0 aliphatic heterocycles. The second-order valence-corrected chi connectivity index (χ2v) is 5.96. The normalized spacial score (nSPS) is 11.7. The summed E-state index contributed by atoms with van der Waals surface area (Å²) in [6, 6.07) is 7.68. The Morgan fingerprint density at radius 1 is 0.962 bits per heavy atom. The molecule has 136 valence electrons. The van der Waals surface area contributed by atoms with E-state index in [2.05, 4.69) is 24.1 Å². The van der Waals surface area contributed by atoms with E-state index in [1.54, 1.807) is 12.1 Å². The molecule has 0 atom stereocenters. The molecule has 0 saturated carbocycles. The molecule has 6 heteroatoms. The second-order valence-electron chi connectivity index (χ2n) is 5.77. The Hall–Kier alpha value is -2.30. The lowest BCUT2D eigenvalue weighted by molar-refractivity contribution is 0.585. The highest BCUT2D eigenvalue weighted by molar-refractivity contribution is 7.78. The predicted molar refractivity (Wildman–Crippen MR) is 99.7 cm³/mol. The lowest BCUT2D eigenvalue weighted by atomic mass is 10.0. The summed E-state index contributed by atoms with van der Waals surface area (Å²) < 4.78 is 56.3. The lowest BCUT2D eigenvalue weighted by Gasteiger charge is -2.06. The first-order chi connectivity index (χ1) is 12.5. The smallest absolute Gasteiger partial charge is 0.166 e. The molecule has 26 heavy (non-hydrogen) atoms. The maximum atomic E-state index is 14.4. The molecule has 0 saturated heterocycles. The standard InChI is InChI=1S/C20H17F4NS/c1-2-3-4-5-13-6-8-14(9-7-13)18(23)19(24)15-10-16(21)20(25-12-26)17(22)11-15/h6-11H,2-5H2,1H3/b19-18+. The molecular formula is C20H17F4NS. The van der Waals surface area contributed by atoms with Crippen molar-refractivity contribution in [2.45, 2.75) is 32.6 Å². The monoisotopic (exact) mass is 379 g/mol. The van der Waals surface area contributed by atoms with E-state index in [4.69, 9.17) is 0 Å². The SMILES string of the molecule is CCCCCc1ccc(/C(F)=C(\F)c2cc(F)c(N=C=S)c(F)c2)cc1. The van der Waals surface area contributed by atoms with Crippen molar-refractivity contribution in [2.24, 2.45) is 4.99 Å². The Morgan fingerprint density at radius 3 is 2.08 bits per heavy atom. The van der Waals surface area contributed by atoms with Gasteiger partial charge in [0.1, 0.15) is 5.69 Å². The van der Waals surface area contributed by atoms with Gasteiger partial charge < -0.3 is 0 Å². The summed E-state index contributed by atoms with van der Waals surface area (Å²) >= 11 is 4.29. The molecule has 0 N–H and O–H groups in total. The number of benzene rings is 2. The number of aliphatic imine (C=N–C) groups is 1. The number of nitrogens with zero attached hydrogens (tertiary/aromatic N) is 1. The zero-order chi connectivity index (χ0) is 19.1. The third kappa shape index (κ3) is 4.87. The minimum Gasteiger partial charge on any atom is -0.204 e. The van der Waals surface area contributed by atoms with Gasteiger partial charge in [-0.15, -0.1) is 0 Å². The Morgan fingerprint density at radius 2 is 1.54 bits per heavy atom. The van der Waals surface area contributed by atoms with Gasteiger partial charge in [-0.1, -0.05) is 44.0 Å². The molecule has 0 amide bonds. The molecule has 0 unspecified atom stereocenters. The lowest BCUT2D eigenvalue weighted by Crippen LogP contribution is -1.91. The van der Waals surface area contributed by atoms with Gasteiger partial charge in [0.25, 0.3) is 0 Å². The number of isothiocyanates is 1. The van der Waals surface area contributed by atoms with Crippen LogP contribution in [0.2, 0.25) is 0 Å². The minimum atomic E-state index is -1.35. The van der Waals surface area contributed by atoms with Crippen molar-refractivity contribution in [3.8, 4) is 0 Å².